The fourth-order valence-electron chi connectivity index (χ4n) is 2.94. The molecular formula is C19H36O5. The predicted molar refractivity (Wildman–Crippen MR) is 94.9 cm³/mol. The minimum Gasteiger partial charge on any atom is -0.394 e. The first-order chi connectivity index (χ1) is 11.7. The van der Waals surface area contributed by atoms with Gasteiger partial charge in [0.25, 0.3) is 0 Å². The third kappa shape index (κ3) is 8.58. The van der Waals surface area contributed by atoms with E-state index in [1.165, 1.54) is 32.1 Å². The molecule has 0 aliphatic carbocycles. The van der Waals surface area contributed by atoms with Gasteiger partial charge in [-0.25, -0.2) is 0 Å². The maximum atomic E-state index is 9.83. The lowest BCUT2D eigenvalue weighted by Gasteiger charge is -2.23. The summed E-state index contributed by atoms with van der Waals surface area (Å²) < 4.78 is 11.0. The second-order valence-corrected chi connectivity index (χ2v) is 6.62. The summed E-state index contributed by atoms with van der Waals surface area (Å²) in [6.07, 6.45) is 12.3. The average Bonchev–Trinajstić information content (AvgIpc) is 2.96. The summed E-state index contributed by atoms with van der Waals surface area (Å²) in [6, 6.07) is 0. The lowest BCUT2D eigenvalue weighted by atomic mass is 10.1. The number of allylic oxidation sites excluding steroid dienone is 2. The van der Waals surface area contributed by atoms with Crippen molar-refractivity contribution in [1.82, 2.24) is 0 Å². The van der Waals surface area contributed by atoms with Crippen molar-refractivity contribution in [3.8, 4) is 0 Å². The van der Waals surface area contributed by atoms with Crippen molar-refractivity contribution >= 4 is 0 Å². The predicted octanol–water partition coefficient (Wildman–Crippen LogP) is 2.57. The van der Waals surface area contributed by atoms with Gasteiger partial charge in [0.1, 0.15) is 24.4 Å². The van der Waals surface area contributed by atoms with Crippen molar-refractivity contribution in [1.29, 1.82) is 0 Å². The molecule has 0 bridgehead atoms. The van der Waals surface area contributed by atoms with Crippen molar-refractivity contribution in [2.24, 2.45) is 0 Å². The van der Waals surface area contributed by atoms with Crippen LogP contribution < -0.4 is 0 Å². The third-order valence-electron chi connectivity index (χ3n) is 4.45. The Morgan fingerprint density at radius 1 is 1.08 bits per heavy atom. The summed E-state index contributed by atoms with van der Waals surface area (Å²) in [4.78, 5) is 0. The Labute approximate surface area is 146 Å². The standard InChI is InChI=1S/C19H36O5/c1-2-3-4-5-6-7-8-9-10-11-12-13-23-19-17(22)15-24-18(19)16(21)14-20/h7-8,16-22H,2-6,9-15H2,1H3/b8-7+/t16-,17+,18+,19+/m1/s1. The van der Waals surface area contributed by atoms with Crippen LogP contribution in [0.1, 0.15) is 64.7 Å². The van der Waals surface area contributed by atoms with Gasteiger partial charge < -0.3 is 24.8 Å². The monoisotopic (exact) mass is 344 g/mol. The topological polar surface area (TPSA) is 79.2 Å². The van der Waals surface area contributed by atoms with Gasteiger partial charge in [0.05, 0.1) is 13.2 Å². The summed E-state index contributed by atoms with van der Waals surface area (Å²) in [6.45, 7) is 2.53. The van der Waals surface area contributed by atoms with E-state index in [1.807, 2.05) is 0 Å². The second-order valence-electron chi connectivity index (χ2n) is 6.62. The van der Waals surface area contributed by atoms with Crippen LogP contribution in [0.25, 0.3) is 0 Å². The fraction of sp³-hybridized carbons (Fsp3) is 0.895. The highest BCUT2D eigenvalue weighted by Crippen LogP contribution is 2.21. The number of aliphatic hydroxyl groups excluding tert-OH is 3. The number of rotatable bonds is 14. The molecule has 5 nitrogen and oxygen atoms in total. The van der Waals surface area contributed by atoms with Crippen molar-refractivity contribution in [3.63, 3.8) is 0 Å². The highest BCUT2D eigenvalue weighted by atomic mass is 16.6. The second kappa shape index (κ2) is 13.8. The molecule has 0 aromatic carbocycles. The van der Waals surface area contributed by atoms with Gasteiger partial charge in [0, 0.05) is 6.61 Å². The van der Waals surface area contributed by atoms with Gasteiger partial charge in [-0.15, -0.1) is 0 Å². The van der Waals surface area contributed by atoms with Crippen molar-refractivity contribution in [3.05, 3.63) is 12.2 Å². The minimum atomic E-state index is -1.00. The Morgan fingerprint density at radius 2 is 1.75 bits per heavy atom. The molecule has 0 radical (unpaired) electrons. The van der Waals surface area contributed by atoms with E-state index in [9.17, 15) is 10.2 Å². The molecule has 1 aliphatic heterocycles. The number of unbranched alkanes of at least 4 members (excludes halogenated alkanes) is 7. The molecule has 0 aromatic heterocycles. The zero-order valence-corrected chi connectivity index (χ0v) is 15.1. The van der Waals surface area contributed by atoms with Crippen LogP contribution >= 0.6 is 0 Å². The van der Waals surface area contributed by atoms with Crippen LogP contribution in [-0.2, 0) is 9.47 Å². The Hall–Kier alpha value is -0.460. The Morgan fingerprint density at radius 3 is 2.38 bits per heavy atom. The molecule has 1 heterocycles. The molecule has 4 atom stereocenters. The van der Waals surface area contributed by atoms with Crippen LogP contribution in [0.3, 0.4) is 0 Å². The van der Waals surface area contributed by atoms with Crippen LogP contribution in [0.2, 0.25) is 0 Å². The largest absolute Gasteiger partial charge is 0.394 e. The van der Waals surface area contributed by atoms with E-state index in [4.69, 9.17) is 14.6 Å². The lowest BCUT2D eigenvalue weighted by molar-refractivity contribution is -0.0937. The Bertz CT molecular complexity index is 321. The summed E-state index contributed by atoms with van der Waals surface area (Å²) in [5.74, 6) is 0. The van der Waals surface area contributed by atoms with Gasteiger partial charge in [-0.2, -0.15) is 0 Å². The summed E-state index contributed by atoms with van der Waals surface area (Å²) in [5.41, 5.74) is 0. The van der Waals surface area contributed by atoms with E-state index in [0.717, 1.165) is 25.7 Å². The SMILES string of the molecule is CCCCCC/C=C/CCCCCO[C@@H]1[C@H]([C@H](O)CO)OC[C@@H]1O. The molecule has 0 spiro atoms. The normalized spacial score (nSPS) is 25.6. The van der Waals surface area contributed by atoms with Crippen molar-refractivity contribution in [2.75, 3.05) is 19.8 Å². The molecule has 0 amide bonds. The van der Waals surface area contributed by atoms with Crippen LogP contribution in [0.4, 0.5) is 0 Å². The number of ether oxygens (including phenoxy) is 2. The van der Waals surface area contributed by atoms with Gasteiger partial charge in [0.2, 0.25) is 0 Å². The van der Waals surface area contributed by atoms with Gasteiger partial charge in [0.15, 0.2) is 0 Å². The Kier molecular flexibility index (Phi) is 12.4. The highest BCUT2D eigenvalue weighted by Gasteiger charge is 2.40. The first-order valence-corrected chi connectivity index (χ1v) is 9.55. The lowest BCUT2D eigenvalue weighted by Crippen LogP contribution is -2.42. The maximum Gasteiger partial charge on any atom is 0.114 e. The quantitative estimate of drug-likeness (QED) is 0.333. The number of aliphatic hydroxyl groups is 3. The molecule has 3 N–H and O–H groups in total. The van der Waals surface area contributed by atoms with Gasteiger partial charge in [-0.1, -0.05) is 44.8 Å². The molecular weight excluding hydrogens is 308 g/mol. The molecule has 1 saturated heterocycles. The van der Waals surface area contributed by atoms with Gasteiger partial charge in [-0.3, -0.25) is 0 Å². The molecule has 1 fully saturated rings. The van der Waals surface area contributed by atoms with Crippen LogP contribution in [0.5, 0.6) is 0 Å². The highest BCUT2D eigenvalue weighted by molar-refractivity contribution is 4.89. The van der Waals surface area contributed by atoms with E-state index < -0.39 is 24.4 Å². The molecule has 1 rings (SSSR count). The molecule has 1 aliphatic rings. The van der Waals surface area contributed by atoms with Crippen LogP contribution in [0, 0.1) is 0 Å². The van der Waals surface area contributed by atoms with Crippen LogP contribution in [0.15, 0.2) is 12.2 Å². The number of hydrogen-bond acceptors (Lipinski definition) is 5. The fourth-order valence-corrected chi connectivity index (χ4v) is 2.94. The van der Waals surface area contributed by atoms with E-state index in [1.54, 1.807) is 0 Å². The first kappa shape index (κ1) is 21.6. The zero-order valence-electron chi connectivity index (χ0n) is 15.1. The van der Waals surface area contributed by atoms with E-state index in [-0.39, 0.29) is 13.2 Å². The minimum absolute atomic E-state index is 0.148. The molecule has 0 aromatic rings. The third-order valence-corrected chi connectivity index (χ3v) is 4.45. The van der Waals surface area contributed by atoms with E-state index >= 15 is 0 Å². The first-order valence-electron chi connectivity index (χ1n) is 9.55. The smallest absolute Gasteiger partial charge is 0.114 e. The van der Waals surface area contributed by atoms with Crippen molar-refractivity contribution in [2.45, 2.75) is 89.1 Å². The summed E-state index contributed by atoms with van der Waals surface area (Å²) in [5, 5.41) is 28.5. The molecule has 24 heavy (non-hydrogen) atoms. The van der Waals surface area contributed by atoms with E-state index in [0.29, 0.717) is 6.61 Å². The van der Waals surface area contributed by atoms with Crippen LogP contribution in [-0.4, -0.2) is 59.6 Å². The average molecular weight is 344 g/mol. The molecule has 0 saturated carbocycles. The Balaban J connectivity index is 2.00. The number of hydrogen-bond donors (Lipinski definition) is 3. The van der Waals surface area contributed by atoms with Crippen molar-refractivity contribution < 1.29 is 24.8 Å². The molecule has 0 unspecified atom stereocenters. The maximum absolute atomic E-state index is 9.83. The molecule has 5 heteroatoms. The zero-order chi connectivity index (χ0) is 17.6. The summed E-state index contributed by atoms with van der Waals surface area (Å²) >= 11 is 0. The van der Waals surface area contributed by atoms with E-state index in [2.05, 4.69) is 19.1 Å². The van der Waals surface area contributed by atoms with Gasteiger partial charge in [-0.05, 0) is 32.1 Å². The summed E-state index contributed by atoms with van der Waals surface area (Å²) in [7, 11) is 0. The van der Waals surface area contributed by atoms with Gasteiger partial charge >= 0.3 is 0 Å². The molecule has 142 valence electrons.